The molecule has 0 radical (unpaired) electrons. The predicted octanol–water partition coefficient (Wildman–Crippen LogP) is 1.81. The molecule has 1 heterocycles. The van der Waals surface area contributed by atoms with Gasteiger partial charge in [0.05, 0.1) is 7.11 Å². The summed E-state index contributed by atoms with van der Waals surface area (Å²) in [6, 6.07) is 0. The average Bonchev–Trinajstić information content (AvgIpc) is 2.50. The second kappa shape index (κ2) is 5.27. The Morgan fingerprint density at radius 1 is 1.25 bits per heavy atom. The third kappa shape index (κ3) is 3.47. The van der Waals surface area contributed by atoms with Crippen LogP contribution in [-0.2, 0) is 19.0 Å². The van der Waals surface area contributed by atoms with Gasteiger partial charge in [-0.3, -0.25) is 0 Å². The Morgan fingerprint density at radius 2 is 1.81 bits per heavy atom. The van der Waals surface area contributed by atoms with Gasteiger partial charge in [0.1, 0.15) is 12.2 Å². The second-order valence-corrected chi connectivity index (χ2v) is 3.97. The summed E-state index contributed by atoms with van der Waals surface area (Å²) < 4.78 is 15.8. The summed E-state index contributed by atoms with van der Waals surface area (Å²) in [7, 11) is 1.34. The first-order valence-electron chi connectivity index (χ1n) is 5.23. The highest BCUT2D eigenvalue weighted by Gasteiger charge is 2.38. The number of hydrogen-bond donors (Lipinski definition) is 0. The maximum absolute atomic E-state index is 11.0. The predicted molar refractivity (Wildman–Crippen MR) is 59.8 cm³/mol. The summed E-state index contributed by atoms with van der Waals surface area (Å²) >= 11 is 0. The number of esters is 1. The number of methoxy groups -OCH3 is 1. The average molecular weight is 226 g/mol. The van der Waals surface area contributed by atoms with Crippen molar-refractivity contribution in [3.8, 4) is 0 Å². The molecular weight excluding hydrogens is 208 g/mol. The van der Waals surface area contributed by atoms with Crippen molar-refractivity contribution in [2.75, 3.05) is 7.11 Å². The zero-order chi connectivity index (χ0) is 12.2. The monoisotopic (exact) mass is 226 g/mol. The molecule has 1 aliphatic heterocycles. The van der Waals surface area contributed by atoms with Gasteiger partial charge in [-0.2, -0.15) is 0 Å². The highest BCUT2D eigenvalue weighted by molar-refractivity contribution is 5.81. The molecule has 0 spiro atoms. The van der Waals surface area contributed by atoms with Crippen LogP contribution in [-0.4, -0.2) is 31.1 Å². The van der Waals surface area contributed by atoms with Crippen molar-refractivity contribution in [2.24, 2.45) is 0 Å². The molecule has 4 nitrogen and oxygen atoms in total. The molecule has 16 heavy (non-hydrogen) atoms. The van der Waals surface area contributed by atoms with Gasteiger partial charge >= 0.3 is 5.97 Å². The van der Waals surface area contributed by atoms with Crippen LogP contribution in [0.3, 0.4) is 0 Å². The molecule has 0 aromatic carbocycles. The van der Waals surface area contributed by atoms with Crippen molar-refractivity contribution in [3.63, 3.8) is 0 Å². The first kappa shape index (κ1) is 12.9. The first-order valence-corrected chi connectivity index (χ1v) is 5.23. The first-order chi connectivity index (χ1) is 7.48. The van der Waals surface area contributed by atoms with Gasteiger partial charge < -0.3 is 14.2 Å². The number of ether oxygens (including phenoxy) is 3. The van der Waals surface area contributed by atoms with Crippen LogP contribution >= 0.6 is 0 Å². The van der Waals surface area contributed by atoms with Crippen LogP contribution < -0.4 is 0 Å². The molecule has 0 saturated carbocycles. The molecule has 0 unspecified atom stereocenters. The molecule has 1 saturated heterocycles. The summed E-state index contributed by atoms with van der Waals surface area (Å²) in [5.74, 6) is -1.03. The Balaban J connectivity index is 2.70. The summed E-state index contributed by atoms with van der Waals surface area (Å²) in [6.07, 6.45) is 6.39. The minimum atomic E-state index is -0.630. The molecule has 0 aromatic heterocycles. The van der Waals surface area contributed by atoms with E-state index in [9.17, 15) is 4.79 Å². The Kier molecular flexibility index (Phi) is 4.26. The fraction of sp³-hybridized carbons (Fsp3) is 0.583. The fourth-order valence-corrected chi connectivity index (χ4v) is 1.55. The van der Waals surface area contributed by atoms with Crippen molar-refractivity contribution in [3.05, 3.63) is 24.3 Å². The lowest BCUT2D eigenvalue weighted by molar-refractivity contribution is -0.139. The lowest BCUT2D eigenvalue weighted by atomic mass is 10.2. The smallest absolute Gasteiger partial charge is 0.330 e. The number of hydrogen-bond acceptors (Lipinski definition) is 4. The molecule has 1 aliphatic rings. The maximum atomic E-state index is 11.0. The van der Waals surface area contributed by atoms with Crippen LogP contribution in [0.15, 0.2) is 24.3 Å². The van der Waals surface area contributed by atoms with Crippen LogP contribution in [0.4, 0.5) is 0 Å². The third-order valence-corrected chi connectivity index (χ3v) is 2.17. The van der Waals surface area contributed by atoms with E-state index < -0.39 is 11.8 Å². The number of carbonyl (C=O) groups excluding carboxylic acids is 1. The molecule has 4 heteroatoms. The van der Waals surface area contributed by atoms with Crippen molar-refractivity contribution < 1.29 is 19.0 Å². The van der Waals surface area contributed by atoms with E-state index in [2.05, 4.69) is 4.74 Å². The minimum absolute atomic E-state index is 0.166. The normalized spacial score (nSPS) is 29.0. The number of carbonyl (C=O) groups is 1. The molecule has 1 rings (SSSR count). The zero-order valence-corrected chi connectivity index (χ0v) is 10.1. The Hall–Kier alpha value is -1.13. The van der Waals surface area contributed by atoms with Crippen LogP contribution in [0.5, 0.6) is 0 Å². The van der Waals surface area contributed by atoms with Gasteiger partial charge in [-0.25, -0.2) is 4.79 Å². The van der Waals surface area contributed by atoms with Crippen molar-refractivity contribution in [1.82, 2.24) is 0 Å². The van der Waals surface area contributed by atoms with Crippen molar-refractivity contribution >= 4 is 5.97 Å². The van der Waals surface area contributed by atoms with Crippen molar-refractivity contribution in [2.45, 2.75) is 38.8 Å². The number of rotatable bonds is 3. The third-order valence-electron chi connectivity index (χ3n) is 2.17. The summed E-state index contributed by atoms with van der Waals surface area (Å²) in [4.78, 5) is 11.0. The van der Waals surface area contributed by atoms with Crippen LogP contribution in [0.2, 0.25) is 0 Å². The van der Waals surface area contributed by atoms with E-state index in [1.165, 1.54) is 13.2 Å². The van der Waals surface area contributed by atoms with E-state index in [4.69, 9.17) is 9.47 Å². The standard InChI is InChI=1S/C12H18O4/c1-5-6-9-10(7-8-11(13)14-4)16-12(2,3)15-9/h5-10H,1-4H3/b6-5+,8-7+/t9-,10-/m1/s1. The van der Waals surface area contributed by atoms with E-state index in [1.54, 1.807) is 6.08 Å². The molecule has 0 amide bonds. The SMILES string of the molecule is C/C=C/[C@H]1OC(C)(C)O[C@@H]1/C=C/C(=O)OC. The Labute approximate surface area is 95.9 Å². The van der Waals surface area contributed by atoms with Gasteiger partial charge in [0.15, 0.2) is 5.79 Å². The fourth-order valence-electron chi connectivity index (χ4n) is 1.55. The van der Waals surface area contributed by atoms with Crippen LogP contribution in [0.1, 0.15) is 20.8 Å². The minimum Gasteiger partial charge on any atom is -0.466 e. The molecule has 1 fully saturated rings. The second-order valence-electron chi connectivity index (χ2n) is 3.97. The largest absolute Gasteiger partial charge is 0.466 e. The van der Waals surface area contributed by atoms with Gasteiger partial charge in [0.2, 0.25) is 0 Å². The van der Waals surface area contributed by atoms with E-state index in [0.717, 1.165) is 0 Å². The summed E-state index contributed by atoms with van der Waals surface area (Å²) in [6.45, 7) is 5.60. The van der Waals surface area contributed by atoms with Crippen LogP contribution in [0, 0.1) is 0 Å². The molecule has 0 N–H and O–H groups in total. The quantitative estimate of drug-likeness (QED) is 0.418. The molecule has 2 atom stereocenters. The highest BCUT2D eigenvalue weighted by Crippen LogP contribution is 2.29. The van der Waals surface area contributed by atoms with Crippen LogP contribution in [0.25, 0.3) is 0 Å². The van der Waals surface area contributed by atoms with Gasteiger partial charge in [-0.15, -0.1) is 0 Å². The van der Waals surface area contributed by atoms with Gasteiger partial charge in [-0.1, -0.05) is 12.2 Å². The van der Waals surface area contributed by atoms with E-state index in [0.29, 0.717) is 0 Å². The zero-order valence-electron chi connectivity index (χ0n) is 10.1. The molecule has 0 bridgehead atoms. The highest BCUT2D eigenvalue weighted by atomic mass is 16.7. The lowest BCUT2D eigenvalue weighted by Gasteiger charge is -2.15. The molecule has 90 valence electrons. The van der Waals surface area contributed by atoms with Gasteiger partial charge in [0, 0.05) is 6.08 Å². The molecule has 0 aromatic rings. The van der Waals surface area contributed by atoms with Crippen molar-refractivity contribution in [1.29, 1.82) is 0 Å². The molecule has 0 aliphatic carbocycles. The van der Waals surface area contributed by atoms with Gasteiger partial charge in [-0.05, 0) is 26.8 Å². The topological polar surface area (TPSA) is 44.8 Å². The number of allylic oxidation sites excluding steroid dienone is 1. The van der Waals surface area contributed by atoms with E-state index in [1.807, 2.05) is 32.9 Å². The Morgan fingerprint density at radius 3 is 2.31 bits per heavy atom. The maximum Gasteiger partial charge on any atom is 0.330 e. The Bertz CT molecular complexity index is 304. The summed E-state index contributed by atoms with van der Waals surface area (Å²) in [5, 5.41) is 0. The van der Waals surface area contributed by atoms with E-state index in [-0.39, 0.29) is 12.2 Å². The van der Waals surface area contributed by atoms with E-state index >= 15 is 0 Å². The summed E-state index contributed by atoms with van der Waals surface area (Å²) in [5.41, 5.74) is 0. The van der Waals surface area contributed by atoms with Gasteiger partial charge in [0.25, 0.3) is 0 Å². The molecular formula is C12H18O4. The lowest BCUT2D eigenvalue weighted by Crippen LogP contribution is -2.20.